The Balaban J connectivity index is 2.19. The van der Waals surface area contributed by atoms with Gasteiger partial charge in [0.25, 0.3) is 10.0 Å². The van der Waals surface area contributed by atoms with E-state index in [1.165, 1.54) is 11.0 Å². The van der Waals surface area contributed by atoms with Crippen LogP contribution in [0, 0.1) is 0 Å². The van der Waals surface area contributed by atoms with E-state index in [0.29, 0.717) is 11.4 Å². The number of hydrogen-bond donors (Lipinski definition) is 0. The van der Waals surface area contributed by atoms with Crippen LogP contribution in [-0.4, -0.2) is 21.0 Å². The van der Waals surface area contributed by atoms with Gasteiger partial charge in [-0.05, 0) is 36.2 Å². The van der Waals surface area contributed by atoms with Gasteiger partial charge in [0.1, 0.15) is 4.90 Å². The van der Waals surface area contributed by atoms with Crippen LogP contribution in [0.15, 0.2) is 66.1 Å². The minimum atomic E-state index is -3.95. The number of urea groups is 1. The third-order valence-corrected chi connectivity index (χ3v) is 5.72. The van der Waals surface area contributed by atoms with E-state index in [-0.39, 0.29) is 11.4 Å². The van der Waals surface area contributed by atoms with Crippen LogP contribution in [0.2, 0.25) is 0 Å². The van der Waals surface area contributed by atoms with Gasteiger partial charge in [-0.1, -0.05) is 37.3 Å². The number of amides is 2. The molecule has 5 nitrogen and oxygen atoms in total. The Hall–Kier alpha value is -2.60. The zero-order valence-corrected chi connectivity index (χ0v) is 14.2. The first-order chi connectivity index (χ1) is 11.5. The number of carbonyl (C=O) groups is 1. The molecule has 24 heavy (non-hydrogen) atoms. The van der Waals surface area contributed by atoms with E-state index in [1.807, 2.05) is 19.1 Å². The molecule has 2 aromatic rings. The van der Waals surface area contributed by atoms with Gasteiger partial charge in [-0.3, -0.25) is 4.90 Å². The summed E-state index contributed by atoms with van der Waals surface area (Å²) in [5.41, 5.74) is 1.79. The summed E-state index contributed by atoms with van der Waals surface area (Å²) in [4.78, 5) is 14.4. The van der Waals surface area contributed by atoms with E-state index in [4.69, 9.17) is 0 Å². The molecule has 6 heteroatoms. The smallest absolute Gasteiger partial charge is 0.288 e. The number of hydrogen-bond acceptors (Lipinski definition) is 3. The SMILES string of the molecule is C=CCN1C(=O)N(c2ccc(CC)cc2)S(=O)(=O)c2ccccc21. The molecule has 2 amide bonds. The van der Waals surface area contributed by atoms with Crippen LogP contribution in [0.3, 0.4) is 0 Å². The number of benzene rings is 2. The fourth-order valence-corrected chi connectivity index (χ4v) is 4.33. The lowest BCUT2D eigenvalue weighted by molar-refractivity contribution is 0.254. The van der Waals surface area contributed by atoms with Crippen molar-refractivity contribution in [1.82, 2.24) is 0 Å². The molecular weight excluding hydrogens is 324 g/mol. The van der Waals surface area contributed by atoms with Crippen LogP contribution in [0.1, 0.15) is 12.5 Å². The van der Waals surface area contributed by atoms with Gasteiger partial charge < -0.3 is 0 Å². The summed E-state index contributed by atoms with van der Waals surface area (Å²) in [5, 5.41) is 0. The van der Waals surface area contributed by atoms with E-state index in [9.17, 15) is 13.2 Å². The minimum absolute atomic E-state index is 0.117. The number of fused-ring (bicyclic) bond motifs is 1. The Labute approximate surface area is 141 Å². The lowest BCUT2D eigenvalue weighted by Crippen LogP contribution is -2.51. The first-order valence-electron chi connectivity index (χ1n) is 7.66. The molecule has 1 aliphatic heterocycles. The standard InChI is InChI=1S/C18H18N2O3S/c1-3-13-19-16-7-5-6-8-17(16)24(22,23)20(18(19)21)15-11-9-14(4-2)10-12-15/h3,5-12H,1,4,13H2,2H3. The van der Waals surface area contributed by atoms with Crippen LogP contribution in [0.25, 0.3) is 0 Å². The molecule has 124 valence electrons. The van der Waals surface area contributed by atoms with Crippen LogP contribution < -0.4 is 9.21 Å². The van der Waals surface area contributed by atoms with Crippen molar-refractivity contribution in [3.63, 3.8) is 0 Å². The summed E-state index contributed by atoms with van der Waals surface area (Å²) >= 11 is 0. The number of sulfonamides is 1. The van der Waals surface area contributed by atoms with Crippen LogP contribution >= 0.6 is 0 Å². The van der Waals surface area contributed by atoms with Gasteiger partial charge in [-0.15, -0.1) is 6.58 Å². The lowest BCUT2D eigenvalue weighted by atomic mass is 10.1. The highest BCUT2D eigenvalue weighted by Crippen LogP contribution is 2.36. The first kappa shape index (κ1) is 16.3. The molecular formula is C18H18N2O3S. The monoisotopic (exact) mass is 342 g/mol. The van der Waals surface area contributed by atoms with Crippen molar-refractivity contribution in [1.29, 1.82) is 0 Å². The maximum atomic E-state index is 13.0. The third kappa shape index (κ3) is 2.49. The van der Waals surface area contributed by atoms with Gasteiger partial charge in [0, 0.05) is 6.54 Å². The normalized spacial score (nSPS) is 16.0. The Kier molecular flexibility index (Phi) is 4.15. The Bertz CT molecular complexity index is 889. The zero-order chi connectivity index (χ0) is 17.3. The maximum Gasteiger partial charge on any atom is 0.343 e. The molecule has 3 rings (SSSR count). The second kappa shape index (κ2) is 6.13. The highest BCUT2D eigenvalue weighted by atomic mass is 32.2. The van der Waals surface area contributed by atoms with Gasteiger partial charge in [0.15, 0.2) is 0 Å². The van der Waals surface area contributed by atoms with E-state index in [1.54, 1.807) is 36.4 Å². The Morgan fingerprint density at radius 2 is 1.75 bits per heavy atom. The Morgan fingerprint density at radius 1 is 1.08 bits per heavy atom. The molecule has 0 aliphatic carbocycles. The van der Waals surface area contributed by atoms with Crippen molar-refractivity contribution >= 4 is 27.4 Å². The van der Waals surface area contributed by atoms with E-state index < -0.39 is 16.1 Å². The quantitative estimate of drug-likeness (QED) is 0.798. The van der Waals surface area contributed by atoms with Gasteiger partial charge >= 0.3 is 6.03 Å². The number of nitrogens with zero attached hydrogens (tertiary/aromatic N) is 2. The molecule has 1 aliphatic rings. The molecule has 0 radical (unpaired) electrons. The maximum absolute atomic E-state index is 13.0. The summed E-state index contributed by atoms with van der Waals surface area (Å²) in [6.07, 6.45) is 2.41. The summed E-state index contributed by atoms with van der Waals surface area (Å²) < 4.78 is 26.8. The predicted molar refractivity (Wildman–Crippen MR) is 94.9 cm³/mol. The van der Waals surface area contributed by atoms with E-state index in [2.05, 4.69) is 6.58 Å². The number of carbonyl (C=O) groups excluding carboxylic acids is 1. The minimum Gasteiger partial charge on any atom is -0.288 e. The highest BCUT2D eigenvalue weighted by molar-refractivity contribution is 7.94. The Morgan fingerprint density at radius 3 is 2.38 bits per heavy atom. The van der Waals surface area contributed by atoms with Gasteiger partial charge in [0.05, 0.1) is 11.4 Å². The molecule has 1 heterocycles. The van der Waals surface area contributed by atoms with Gasteiger partial charge in [0.2, 0.25) is 0 Å². The summed E-state index contributed by atoms with van der Waals surface area (Å²) in [7, 11) is -3.95. The zero-order valence-electron chi connectivity index (χ0n) is 13.3. The topological polar surface area (TPSA) is 57.7 Å². The van der Waals surface area contributed by atoms with Crippen LogP contribution in [0.5, 0.6) is 0 Å². The summed E-state index contributed by atoms with van der Waals surface area (Å²) in [6.45, 7) is 5.90. The van der Waals surface area contributed by atoms with E-state index in [0.717, 1.165) is 16.3 Å². The second-order valence-corrected chi connectivity index (χ2v) is 7.19. The van der Waals surface area contributed by atoms with Crippen LogP contribution in [-0.2, 0) is 16.4 Å². The van der Waals surface area contributed by atoms with Crippen LogP contribution in [0.4, 0.5) is 16.2 Å². The molecule has 2 aromatic carbocycles. The number of anilines is 2. The average Bonchev–Trinajstić information content (AvgIpc) is 2.59. The lowest BCUT2D eigenvalue weighted by Gasteiger charge is -2.35. The molecule has 0 saturated heterocycles. The number of aryl methyl sites for hydroxylation is 1. The highest BCUT2D eigenvalue weighted by Gasteiger charge is 2.41. The molecule has 0 unspecified atom stereocenters. The number of rotatable bonds is 4. The van der Waals surface area contributed by atoms with Crippen molar-refractivity contribution in [2.75, 3.05) is 15.7 Å². The average molecular weight is 342 g/mol. The van der Waals surface area contributed by atoms with E-state index >= 15 is 0 Å². The van der Waals surface area contributed by atoms with Crippen molar-refractivity contribution in [2.24, 2.45) is 0 Å². The number of para-hydroxylation sites is 1. The fraction of sp³-hybridized carbons (Fsp3) is 0.167. The summed E-state index contributed by atoms with van der Waals surface area (Å²) in [5.74, 6) is 0. The van der Waals surface area contributed by atoms with Crippen molar-refractivity contribution < 1.29 is 13.2 Å². The molecule has 0 fully saturated rings. The van der Waals surface area contributed by atoms with Gasteiger partial charge in [-0.25, -0.2) is 13.2 Å². The second-order valence-electron chi connectivity index (χ2n) is 5.44. The molecule has 0 atom stereocenters. The summed E-state index contributed by atoms with van der Waals surface area (Å²) in [6, 6.07) is 12.9. The molecule has 0 N–H and O–H groups in total. The first-order valence-corrected chi connectivity index (χ1v) is 9.10. The molecule has 0 bridgehead atoms. The van der Waals surface area contributed by atoms with Gasteiger partial charge in [-0.2, -0.15) is 4.31 Å². The molecule has 0 spiro atoms. The fourth-order valence-electron chi connectivity index (χ4n) is 2.73. The third-order valence-electron chi connectivity index (χ3n) is 3.97. The predicted octanol–water partition coefficient (Wildman–Crippen LogP) is 3.57. The molecule has 0 aromatic heterocycles. The largest absolute Gasteiger partial charge is 0.343 e. The molecule has 0 saturated carbocycles. The van der Waals surface area contributed by atoms with Crippen molar-refractivity contribution in [3.8, 4) is 0 Å². The van der Waals surface area contributed by atoms with Crippen molar-refractivity contribution in [2.45, 2.75) is 18.2 Å². The van der Waals surface area contributed by atoms with Crippen molar-refractivity contribution in [3.05, 3.63) is 66.7 Å².